The first-order chi connectivity index (χ1) is 17.0. The molecule has 1 N–H and O–H groups in total. The molecule has 1 amide bonds. The van der Waals surface area contributed by atoms with Crippen LogP contribution in [-0.4, -0.2) is 60.3 Å². The highest BCUT2D eigenvalue weighted by atomic mass is 35.5. The molecule has 2 aromatic carbocycles. The average molecular weight is 531 g/mol. The van der Waals surface area contributed by atoms with Gasteiger partial charge in [0.25, 0.3) is 0 Å². The van der Waals surface area contributed by atoms with Gasteiger partial charge in [-0.25, -0.2) is 0 Å². The van der Waals surface area contributed by atoms with Crippen LogP contribution in [0.4, 0.5) is 0 Å². The van der Waals surface area contributed by atoms with Crippen LogP contribution in [0, 0.1) is 11.3 Å². The molecule has 3 fully saturated rings. The van der Waals surface area contributed by atoms with E-state index in [0.29, 0.717) is 29.7 Å². The maximum Gasteiger partial charge on any atom is 0.229 e. The molecule has 5 nitrogen and oxygen atoms in total. The minimum atomic E-state index is -0.268. The minimum Gasteiger partial charge on any atom is -0.338 e. The van der Waals surface area contributed by atoms with Gasteiger partial charge in [0.15, 0.2) is 0 Å². The quantitative estimate of drug-likeness (QED) is 0.552. The number of halogens is 2. The van der Waals surface area contributed by atoms with E-state index >= 15 is 0 Å². The molecule has 0 aliphatic carbocycles. The summed E-state index contributed by atoms with van der Waals surface area (Å²) >= 11 is 6.02. The Morgan fingerprint density at radius 2 is 1.69 bits per heavy atom. The Kier molecular flexibility index (Phi) is 8.77. The molecular weight excluding hydrogens is 493 g/mol. The van der Waals surface area contributed by atoms with E-state index in [2.05, 4.69) is 40.5 Å². The Balaban J connectivity index is 0.00000304. The van der Waals surface area contributed by atoms with E-state index in [0.717, 1.165) is 57.5 Å². The highest BCUT2D eigenvalue weighted by molar-refractivity contribution is 6.30. The fourth-order valence-corrected chi connectivity index (χ4v) is 6.69. The Morgan fingerprint density at radius 1 is 1.03 bits per heavy atom. The number of amides is 1. The van der Waals surface area contributed by atoms with E-state index in [-0.39, 0.29) is 35.7 Å². The van der Waals surface area contributed by atoms with Gasteiger partial charge in [0.1, 0.15) is 5.78 Å². The lowest BCUT2D eigenvalue weighted by Crippen LogP contribution is -2.54. The molecular formula is C29H37Cl2N3O2. The number of likely N-dealkylation sites (tertiary alicyclic amines) is 2. The van der Waals surface area contributed by atoms with Crippen LogP contribution in [0.2, 0.25) is 5.02 Å². The lowest BCUT2D eigenvalue weighted by atomic mass is 9.75. The molecule has 0 radical (unpaired) electrons. The number of carbonyl (C=O) groups excluding carboxylic acids is 2. The number of rotatable bonds is 7. The summed E-state index contributed by atoms with van der Waals surface area (Å²) < 4.78 is 0. The average Bonchev–Trinajstić information content (AvgIpc) is 3.48. The number of benzene rings is 2. The summed E-state index contributed by atoms with van der Waals surface area (Å²) in [5, 5.41) is 4.28. The molecule has 194 valence electrons. The van der Waals surface area contributed by atoms with Crippen molar-refractivity contribution in [3.63, 3.8) is 0 Å². The molecule has 3 aliphatic rings. The second-order valence-electron chi connectivity index (χ2n) is 10.5. The largest absolute Gasteiger partial charge is 0.338 e. The van der Waals surface area contributed by atoms with Crippen LogP contribution in [0.1, 0.15) is 49.7 Å². The van der Waals surface area contributed by atoms with Crippen LogP contribution in [0.25, 0.3) is 0 Å². The molecule has 3 aliphatic heterocycles. The summed E-state index contributed by atoms with van der Waals surface area (Å²) in [6, 6.07) is 18.3. The third kappa shape index (κ3) is 5.35. The van der Waals surface area contributed by atoms with Gasteiger partial charge in [0, 0.05) is 49.5 Å². The summed E-state index contributed by atoms with van der Waals surface area (Å²) in [6.45, 7) is 6.84. The molecule has 3 saturated heterocycles. The van der Waals surface area contributed by atoms with Crippen molar-refractivity contribution < 1.29 is 9.59 Å². The van der Waals surface area contributed by atoms with Crippen LogP contribution in [-0.2, 0) is 16.1 Å². The van der Waals surface area contributed by atoms with Crippen molar-refractivity contribution in [2.45, 2.75) is 51.1 Å². The predicted molar refractivity (Wildman–Crippen MR) is 147 cm³/mol. The first-order valence-electron chi connectivity index (χ1n) is 13.1. The van der Waals surface area contributed by atoms with Gasteiger partial charge in [0.05, 0.1) is 11.5 Å². The first-order valence-corrected chi connectivity index (χ1v) is 13.4. The fraction of sp³-hybridized carbons (Fsp3) is 0.517. The van der Waals surface area contributed by atoms with Crippen molar-refractivity contribution in [2.75, 3.05) is 32.7 Å². The molecule has 1 spiro atoms. The Bertz CT molecular complexity index is 1040. The predicted octanol–water partition coefficient (Wildman–Crippen LogP) is 4.93. The van der Waals surface area contributed by atoms with E-state index in [9.17, 15) is 9.59 Å². The van der Waals surface area contributed by atoms with E-state index < -0.39 is 0 Å². The molecule has 3 heterocycles. The minimum absolute atomic E-state index is 0. The van der Waals surface area contributed by atoms with Gasteiger partial charge in [-0.2, -0.15) is 0 Å². The van der Waals surface area contributed by atoms with Crippen LogP contribution < -0.4 is 5.32 Å². The third-order valence-electron chi connectivity index (χ3n) is 8.61. The highest BCUT2D eigenvalue weighted by Gasteiger charge is 2.50. The Hall–Kier alpha value is -1.92. The molecule has 0 bridgehead atoms. The number of carbonyl (C=O) groups is 2. The molecule has 3 atom stereocenters. The summed E-state index contributed by atoms with van der Waals surface area (Å²) in [7, 11) is 0. The van der Waals surface area contributed by atoms with Crippen molar-refractivity contribution in [1.29, 1.82) is 0 Å². The molecule has 0 aromatic heterocycles. The van der Waals surface area contributed by atoms with Crippen molar-refractivity contribution in [3.8, 4) is 0 Å². The lowest BCUT2D eigenvalue weighted by Gasteiger charge is -2.43. The van der Waals surface area contributed by atoms with Gasteiger partial charge in [-0.1, -0.05) is 61.0 Å². The molecule has 0 saturated carbocycles. The van der Waals surface area contributed by atoms with Gasteiger partial charge in [0.2, 0.25) is 5.91 Å². The second kappa shape index (κ2) is 11.6. The van der Waals surface area contributed by atoms with Crippen molar-refractivity contribution in [2.24, 2.45) is 11.3 Å². The second-order valence-corrected chi connectivity index (χ2v) is 11.0. The van der Waals surface area contributed by atoms with Gasteiger partial charge >= 0.3 is 0 Å². The zero-order chi connectivity index (χ0) is 24.4. The standard InChI is InChI=1S/C29H36ClN3O2.ClH/c1-2-26(34)27(25-19-31-18-24(25)22-6-4-3-5-7-22)32-15-12-29(13-16-32)14-17-33(28(29)35)20-21-8-10-23(30)11-9-21;/h3-11,24-25,27,31H,2,12-20H2,1H3;1H/t24-,25-,27?;/m1./s1. The highest BCUT2D eigenvalue weighted by Crippen LogP contribution is 2.44. The summed E-state index contributed by atoms with van der Waals surface area (Å²) in [6.07, 6.45) is 3.15. The molecule has 36 heavy (non-hydrogen) atoms. The lowest BCUT2D eigenvalue weighted by molar-refractivity contribution is -0.140. The number of piperidine rings is 1. The van der Waals surface area contributed by atoms with Gasteiger partial charge < -0.3 is 10.2 Å². The fourth-order valence-electron chi connectivity index (χ4n) is 6.57. The Morgan fingerprint density at radius 3 is 2.36 bits per heavy atom. The topological polar surface area (TPSA) is 52.7 Å². The first kappa shape index (κ1) is 27.1. The molecule has 2 aromatic rings. The molecule has 5 rings (SSSR count). The maximum atomic E-state index is 13.5. The third-order valence-corrected chi connectivity index (χ3v) is 8.86. The maximum absolute atomic E-state index is 13.5. The zero-order valence-electron chi connectivity index (χ0n) is 21.0. The van der Waals surface area contributed by atoms with E-state index in [1.54, 1.807) is 0 Å². The summed E-state index contributed by atoms with van der Waals surface area (Å²) in [5.41, 5.74) is 2.16. The van der Waals surface area contributed by atoms with Crippen LogP contribution in [0.3, 0.4) is 0 Å². The SMILES string of the molecule is CCC(=O)C([C@@H]1CNC[C@@H]1c1ccccc1)N1CCC2(CCN(Cc3ccc(Cl)cc3)C2=O)CC1.Cl. The number of hydrogen-bond acceptors (Lipinski definition) is 4. The van der Waals surface area contributed by atoms with Gasteiger partial charge in [-0.05, 0) is 55.6 Å². The monoisotopic (exact) mass is 529 g/mol. The number of hydrogen-bond donors (Lipinski definition) is 1. The number of nitrogens with one attached hydrogen (secondary N) is 1. The van der Waals surface area contributed by atoms with Gasteiger partial charge in [-0.3, -0.25) is 14.5 Å². The number of ketones is 1. The van der Waals surface area contributed by atoms with Crippen molar-refractivity contribution >= 4 is 35.7 Å². The van der Waals surface area contributed by atoms with E-state index in [1.807, 2.05) is 36.1 Å². The molecule has 7 heteroatoms. The van der Waals surface area contributed by atoms with Crippen LogP contribution >= 0.6 is 24.0 Å². The molecule has 1 unspecified atom stereocenters. The smallest absolute Gasteiger partial charge is 0.229 e. The van der Waals surface area contributed by atoms with E-state index in [1.165, 1.54) is 5.56 Å². The normalized spacial score (nSPS) is 24.6. The van der Waals surface area contributed by atoms with Crippen molar-refractivity contribution in [1.82, 2.24) is 15.1 Å². The summed E-state index contributed by atoms with van der Waals surface area (Å²) in [5.74, 6) is 1.23. The Labute approximate surface area is 226 Å². The van der Waals surface area contributed by atoms with Crippen LogP contribution in [0.15, 0.2) is 54.6 Å². The van der Waals surface area contributed by atoms with Crippen molar-refractivity contribution in [3.05, 3.63) is 70.7 Å². The number of nitrogens with zero attached hydrogens (tertiary/aromatic N) is 2. The van der Waals surface area contributed by atoms with Crippen LogP contribution in [0.5, 0.6) is 0 Å². The van der Waals surface area contributed by atoms with Gasteiger partial charge in [-0.15, -0.1) is 12.4 Å². The number of Topliss-reactive ketones (excluding diaryl/α,β-unsaturated/α-hetero) is 1. The van der Waals surface area contributed by atoms with E-state index in [4.69, 9.17) is 11.6 Å². The summed E-state index contributed by atoms with van der Waals surface area (Å²) in [4.78, 5) is 31.2. The zero-order valence-corrected chi connectivity index (χ0v) is 22.6.